The average molecular weight is 817 g/mol. The molecule has 6 atom stereocenters. The van der Waals surface area contributed by atoms with Crippen LogP contribution in [-0.2, 0) is 36.1 Å². The van der Waals surface area contributed by atoms with Crippen molar-refractivity contribution >= 4 is 45.6 Å². The number of halogens is 2. The van der Waals surface area contributed by atoms with Crippen molar-refractivity contribution in [1.29, 1.82) is 0 Å². The topological polar surface area (TPSA) is 144 Å². The number of nitrogens with zero attached hydrogens (tertiary/aromatic N) is 2. The Morgan fingerprint density at radius 3 is 2.45 bits per heavy atom. The van der Waals surface area contributed by atoms with Gasteiger partial charge in [0.1, 0.15) is 11.4 Å². The molecule has 2 N–H and O–H groups in total. The number of aldehydes is 1. The van der Waals surface area contributed by atoms with E-state index in [1.165, 1.54) is 11.1 Å². The molecule has 0 aromatic heterocycles. The van der Waals surface area contributed by atoms with Gasteiger partial charge in [0.15, 0.2) is 11.9 Å². The van der Waals surface area contributed by atoms with Gasteiger partial charge in [0.25, 0.3) is 5.91 Å². The average Bonchev–Trinajstić information content (AvgIpc) is 3.40. The van der Waals surface area contributed by atoms with Crippen LogP contribution in [0.25, 0.3) is 0 Å². The SMILES string of the molecule is CF.CN1CC2(CNC2)OC1=O.CO[C@@]1(C=O)/C=C/C[C@H](C)[C@@H](C)S(=O)(=O)NC(=O)c2ccc3c(c2)N(C[C@@H]2CC[C@H]21)C[C@@]1(CCCc2cc(Cl)ccc21)CO3. The number of carbonyl (C=O) groups is 3. The number of likely N-dealkylation sites (N-methyl/N-ethyl adjacent to an activating group) is 1. The Morgan fingerprint density at radius 2 is 1.84 bits per heavy atom. The van der Waals surface area contributed by atoms with E-state index in [4.69, 9.17) is 25.8 Å². The van der Waals surface area contributed by atoms with E-state index in [1.807, 2.05) is 25.1 Å². The Hall–Kier alpha value is -3.72. The number of alkyl halides is 1. The third-order valence-electron chi connectivity index (χ3n) is 12.7. The van der Waals surface area contributed by atoms with Crippen LogP contribution in [0.15, 0.2) is 48.6 Å². The molecular formula is C41H54ClFN4O8S. The molecule has 8 rings (SSSR count). The molecule has 2 bridgehead atoms. The summed E-state index contributed by atoms with van der Waals surface area (Å²) in [5.74, 6) is -0.203. The molecule has 0 unspecified atom stereocenters. The first-order valence-electron chi connectivity index (χ1n) is 19.3. The van der Waals surface area contributed by atoms with Gasteiger partial charge in [-0.15, -0.1) is 0 Å². The fourth-order valence-corrected chi connectivity index (χ4v) is 10.5. The molecule has 4 aliphatic heterocycles. The zero-order chi connectivity index (χ0) is 40.5. The fraction of sp³-hybridized carbons (Fsp3) is 0.585. The van der Waals surface area contributed by atoms with Crippen molar-refractivity contribution in [1.82, 2.24) is 14.9 Å². The predicted octanol–water partition coefficient (Wildman–Crippen LogP) is 5.46. The summed E-state index contributed by atoms with van der Waals surface area (Å²) < 4.78 is 56.0. The first kappa shape index (κ1) is 41.9. The Bertz CT molecular complexity index is 1950. The van der Waals surface area contributed by atoms with E-state index in [2.05, 4.69) is 27.1 Å². The number of carbonyl (C=O) groups excluding carboxylic acids is 3. The molecule has 2 aromatic rings. The van der Waals surface area contributed by atoms with Crippen LogP contribution in [0.3, 0.4) is 0 Å². The zero-order valence-electron chi connectivity index (χ0n) is 32.8. The number of fused-ring (bicyclic) bond motifs is 4. The molecular weight excluding hydrogens is 763 g/mol. The number of methoxy groups -OCH3 is 1. The lowest BCUT2D eigenvalue weighted by atomic mass is 9.64. The van der Waals surface area contributed by atoms with Crippen molar-refractivity contribution in [2.24, 2.45) is 17.8 Å². The van der Waals surface area contributed by atoms with E-state index in [9.17, 15) is 27.2 Å². The van der Waals surface area contributed by atoms with Crippen molar-refractivity contribution in [3.8, 4) is 5.75 Å². The van der Waals surface area contributed by atoms with Gasteiger partial charge in [-0.05, 0) is 105 Å². The number of rotatable bonds is 2. The van der Waals surface area contributed by atoms with Gasteiger partial charge in [-0.1, -0.05) is 30.7 Å². The van der Waals surface area contributed by atoms with Crippen LogP contribution in [0.5, 0.6) is 5.75 Å². The molecule has 2 amide bonds. The number of aryl methyl sites for hydroxylation is 1. The molecule has 2 aromatic carbocycles. The van der Waals surface area contributed by atoms with Gasteiger partial charge < -0.3 is 29.3 Å². The molecule has 0 radical (unpaired) electrons. The molecule has 2 spiro atoms. The summed E-state index contributed by atoms with van der Waals surface area (Å²) in [4.78, 5) is 40.8. The van der Waals surface area contributed by atoms with Gasteiger partial charge in [-0.2, -0.15) is 0 Å². The standard InChI is InChI=1S/C34H41ClN2O6S.C6H10N2O2.CH3F/c1-22-6-4-15-34(20-38,42-3)29-11-8-26(29)18-37-19-33(14-5-7-24-16-27(35)10-12-28(24)33)21-43-31-13-9-25(17-30(31)37)32(39)36-44(40,41)23(22)2;1-8-4-6(2-7-3-6)10-5(8)9;1-2/h4,9-10,12-13,15-17,20,22-23,26,29H,5-8,11,14,18-19,21H2,1-3H3,(H,36,39);7H,2-4H2,1H3;1H3/b15-4+;;/t22-,23+,26-,29+,33-,34+;;/m0../s1. The summed E-state index contributed by atoms with van der Waals surface area (Å²) in [6, 6.07) is 11.3. The Morgan fingerprint density at radius 1 is 1.07 bits per heavy atom. The third kappa shape index (κ3) is 8.03. The summed E-state index contributed by atoms with van der Waals surface area (Å²) in [5, 5.41) is 2.96. The number of benzene rings is 2. The highest BCUT2D eigenvalue weighted by molar-refractivity contribution is 7.90. The number of amides is 2. The lowest BCUT2D eigenvalue weighted by molar-refractivity contribution is -0.135. The highest BCUT2D eigenvalue weighted by atomic mass is 35.5. The summed E-state index contributed by atoms with van der Waals surface area (Å²) in [6.07, 6.45) is 9.46. The molecule has 15 heteroatoms. The van der Waals surface area contributed by atoms with Crippen LogP contribution < -0.4 is 19.7 Å². The normalized spacial score (nSPS) is 31.8. The van der Waals surface area contributed by atoms with Gasteiger partial charge in [0.05, 0.1) is 31.3 Å². The summed E-state index contributed by atoms with van der Waals surface area (Å²) >= 11 is 6.40. The van der Waals surface area contributed by atoms with Crippen molar-refractivity contribution in [2.45, 2.75) is 74.2 Å². The summed E-state index contributed by atoms with van der Waals surface area (Å²) in [5.41, 5.74) is 1.87. The molecule has 2 saturated heterocycles. The number of hydrogen-bond acceptors (Lipinski definition) is 10. The van der Waals surface area contributed by atoms with Gasteiger partial charge in [-0.25, -0.2) is 17.9 Å². The lowest BCUT2D eigenvalue weighted by Crippen LogP contribution is -2.61. The van der Waals surface area contributed by atoms with Gasteiger partial charge in [-0.3, -0.25) is 14.0 Å². The minimum atomic E-state index is -3.97. The number of allylic oxidation sites excluding steroid dienone is 1. The van der Waals surface area contributed by atoms with Crippen LogP contribution in [0.2, 0.25) is 5.02 Å². The van der Waals surface area contributed by atoms with E-state index in [0.29, 0.717) is 44.1 Å². The predicted molar refractivity (Wildman–Crippen MR) is 213 cm³/mol. The molecule has 56 heavy (non-hydrogen) atoms. The number of nitrogens with one attached hydrogen (secondary N) is 2. The molecule has 6 aliphatic rings. The first-order chi connectivity index (χ1) is 26.7. The van der Waals surface area contributed by atoms with E-state index < -0.39 is 26.8 Å². The molecule has 306 valence electrons. The van der Waals surface area contributed by atoms with E-state index >= 15 is 0 Å². The maximum Gasteiger partial charge on any atom is 0.410 e. The quantitative estimate of drug-likeness (QED) is 0.296. The van der Waals surface area contributed by atoms with Crippen LogP contribution in [0.4, 0.5) is 14.9 Å². The number of anilines is 1. The summed E-state index contributed by atoms with van der Waals surface area (Å²) in [6.45, 7) is 7.53. The van der Waals surface area contributed by atoms with Crippen molar-refractivity contribution < 1.29 is 41.4 Å². The van der Waals surface area contributed by atoms with Gasteiger partial charge >= 0.3 is 6.09 Å². The molecule has 2 aliphatic carbocycles. The Labute approximate surface area is 334 Å². The van der Waals surface area contributed by atoms with Crippen LogP contribution in [-0.4, -0.2) is 109 Å². The fourth-order valence-electron chi connectivity index (χ4n) is 9.06. The summed E-state index contributed by atoms with van der Waals surface area (Å²) in [7, 11) is -0.147. The van der Waals surface area contributed by atoms with Crippen molar-refractivity contribution in [3.63, 3.8) is 0 Å². The highest BCUT2D eigenvalue weighted by Crippen LogP contribution is 2.48. The van der Waals surface area contributed by atoms with Crippen LogP contribution in [0, 0.1) is 17.8 Å². The largest absolute Gasteiger partial charge is 0.490 e. The smallest absolute Gasteiger partial charge is 0.410 e. The van der Waals surface area contributed by atoms with E-state index in [0.717, 1.165) is 63.7 Å². The Balaban J connectivity index is 0.000000378. The molecule has 1 saturated carbocycles. The second-order valence-corrected chi connectivity index (χ2v) is 18.7. The maximum atomic E-state index is 13.4. The Kier molecular flexibility index (Phi) is 12.4. The van der Waals surface area contributed by atoms with Gasteiger partial charge in [0, 0.05) is 62.3 Å². The molecule has 3 fully saturated rings. The van der Waals surface area contributed by atoms with Crippen LogP contribution >= 0.6 is 11.6 Å². The minimum absolute atomic E-state index is 0.0434. The molecule has 12 nitrogen and oxygen atoms in total. The zero-order valence-corrected chi connectivity index (χ0v) is 34.4. The number of hydrogen-bond donors (Lipinski definition) is 2. The number of ether oxygens (including phenoxy) is 3. The van der Waals surface area contributed by atoms with E-state index in [1.54, 1.807) is 44.2 Å². The van der Waals surface area contributed by atoms with Crippen molar-refractivity contribution in [3.05, 3.63) is 70.3 Å². The second-order valence-electron chi connectivity index (χ2n) is 16.2. The van der Waals surface area contributed by atoms with Crippen molar-refractivity contribution in [2.75, 3.05) is 65.6 Å². The highest BCUT2D eigenvalue weighted by Gasteiger charge is 2.50. The van der Waals surface area contributed by atoms with Crippen LogP contribution in [0.1, 0.15) is 67.4 Å². The van der Waals surface area contributed by atoms with Gasteiger partial charge in [0.2, 0.25) is 10.0 Å². The third-order valence-corrected chi connectivity index (χ3v) is 14.9. The first-order valence-corrected chi connectivity index (χ1v) is 21.2. The molecule has 4 heterocycles. The lowest BCUT2D eigenvalue weighted by Gasteiger charge is -2.48. The number of sulfonamides is 1. The minimum Gasteiger partial charge on any atom is -0.490 e. The maximum absolute atomic E-state index is 13.4. The second kappa shape index (κ2) is 16.6. The monoisotopic (exact) mass is 816 g/mol. The van der Waals surface area contributed by atoms with E-state index in [-0.39, 0.29) is 40.4 Å².